The Morgan fingerprint density at radius 3 is 2.54 bits per heavy atom. The highest BCUT2D eigenvalue weighted by atomic mass is 32.2. The summed E-state index contributed by atoms with van der Waals surface area (Å²) in [7, 11) is 0. The van der Waals surface area contributed by atoms with Gasteiger partial charge >= 0.3 is 0 Å². The fourth-order valence-corrected chi connectivity index (χ4v) is 4.38. The van der Waals surface area contributed by atoms with Gasteiger partial charge in [-0.15, -0.1) is 0 Å². The molecule has 0 bridgehead atoms. The van der Waals surface area contributed by atoms with E-state index in [4.69, 9.17) is 5.73 Å². The first kappa shape index (κ1) is 15.5. The van der Waals surface area contributed by atoms with Crippen LogP contribution in [-0.2, 0) is 0 Å². The molecule has 4 rings (SSSR count). The number of anilines is 1. The number of imide groups is 1. The molecule has 2 N–H and O–H groups in total. The van der Waals surface area contributed by atoms with E-state index in [0.29, 0.717) is 11.1 Å². The lowest BCUT2D eigenvalue weighted by molar-refractivity contribution is 0.0615. The van der Waals surface area contributed by atoms with Crippen LogP contribution in [0.2, 0.25) is 0 Å². The molecule has 24 heavy (non-hydrogen) atoms. The standard InChI is InChI=1S/C18H19N3O2S/c19-4-5-21-17(22)14-3-1-2-12-10-13(20-6-8-24-9-7-20)11-15(16(12)14)18(21)23/h1-3,10-11H,4-9,19H2. The van der Waals surface area contributed by atoms with Gasteiger partial charge in [-0.2, -0.15) is 11.8 Å². The van der Waals surface area contributed by atoms with Crippen LogP contribution in [0.15, 0.2) is 30.3 Å². The Kier molecular flexibility index (Phi) is 3.94. The molecule has 2 aliphatic rings. The lowest BCUT2D eigenvalue weighted by Gasteiger charge is -2.31. The van der Waals surface area contributed by atoms with E-state index in [1.165, 1.54) is 4.90 Å². The first-order valence-electron chi connectivity index (χ1n) is 8.16. The predicted molar refractivity (Wildman–Crippen MR) is 97.9 cm³/mol. The topological polar surface area (TPSA) is 66.6 Å². The molecule has 0 saturated carbocycles. The Morgan fingerprint density at radius 2 is 1.79 bits per heavy atom. The van der Waals surface area contributed by atoms with Gasteiger partial charge in [0.15, 0.2) is 0 Å². The zero-order valence-electron chi connectivity index (χ0n) is 13.3. The largest absolute Gasteiger partial charge is 0.370 e. The van der Waals surface area contributed by atoms with Gasteiger partial charge < -0.3 is 10.6 Å². The van der Waals surface area contributed by atoms with E-state index in [9.17, 15) is 9.59 Å². The quantitative estimate of drug-likeness (QED) is 0.865. The number of amides is 2. The fraction of sp³-hybridized carbons (Fsp3) is 0.333. The Labute approximate surface area is 144 Å². The Morgan fingerprint density at radius 1 is 1.04 bits per heavy atom. The number of thioether (sulfide) groups is 1. The van der Waals surface area contributed by atoms with Crippen LogP contribution in [0.4, 0.5) is 5.69 Å². The number of carbonyl (C=O) groups is 2. The van der Waals surface area contributed by atoms with E-state index in [1.807, 2.05) is 30.0 Å². The van der Waals surface area contributed by atoms with Crippen molar-refractivity contribution in [2.24, 2.45) is 5.73 Å². The number of carbonyl (C=O) groups excluding carboxylic acids is 2. The molecule has 6 heteroatoms. The normalized spacial score (nSPS) is 17.7. The smallest absolute Gasteiger partial charge is 0.261 e. The Balaban J connectivity index is 1.89. The van der Waals surface area contributed by atoms with Crippen LogP contribution < -0.4 is 10.6 Å². The van der Waals surface area contributed by atoms with Crippen LogP contribution in [0.1, 0.15) is 20.7 Å². The predicted octanol–water partition coefficient (Wildman–Crippen LogP) is 1.95. The van der Waals surface area contributed by atoms with Crippen molar-refractivity contribution in [3.05, 3.63) is 41.5 Å². The number of nitrogens with two attached hydrogens (primary N) is 1. The lowest BCUT2D eigenvalue weighted by Crippen LogP contribution is -2.43. The van der Waals surface area contributed by atoms with Gasteiger partial charge in [-0.25, -0.2) is 0 Å². The summed E-state index contributed by atoms with van der Waals surface area (Å²) in [5.41, 5.74) is 7.86. The molecule has 0 spiro atoms. The van der Waals surface area contributed by atoms with Crippen LogP contribution in [0.3, 0.4) is 0 Å². The molecule has 0 aromatic heterocycles. The summed E-state index contributed by atoms with van der Waals surface area (Å²) in [6, 6.07) is 9.69. The zero-order valence-corrected chi connectivity index (χ0v) is 14.1. The van der Waals surface area contributed by atoms with E-state index in [-0.39, 0.29) is 24.9 Å². The summed E-state index contributed by atoms with van der Waals surface area (Å²) in [5.74, 6) is 1.71. The molecular formula is C18H19N3O2S. The van der Waals surface area contributed by atoms with Crippen molar-refractivity contribution in [1.82, 2.24) is 4.90 Å². The summed E-state index contributed by atoms with van der Waals surface area (Å²) in [5, 5.41) is 1.73. The summed E-state index contributed by atoms with van der Waals surface area (Å²) in [4.78, 5) is 29.1. The number of nitrogens with zero attached hydrogens (tertiary/aromatic N) is 2. The third-order valence-electron chi connectivity index (χ3n) is 4.64. The van der Waals surface area contributed by atoms with Crippen molar-refractivity contribution in [3.63, 3.8) is 0 Å². The van der Waals surface area contributed by atoms with Gasteiger partial charge in [-0.1, -0.05) is 12.1 Å². The van der Waals surface area contributed by atoms with Gasteiger partial charge in [0.2, 0.25) is 0 Å². The molecule has 5 nitrogen and oxygen atoms in total. The maximum atomic E-state index is 12.9. The molecule has 1 saturated heterocycles. The van der Waals surface area contributed by atoms with Crippen molar-refractivity contribution in [2.45, 2.75) is 0 Å². The zero-order chi connectivity index (χ0) is 16.7. The second-order valence-corrected chi connectivity index (χ2v) is 7.27. The Hall–Kier alpha value is -2.05. The molecule has 0 atom stereocenters. The molecule has 124 valence electrons. The minimum Gasteiger partial charge on any atom is -0.370 e. The number of hydrogen-bond donors (Lipinski definition) is 1. The molecule has 2 heterocycles. The molecule has 0 unspecified atom stereocenters. The van der Waals surface area contributed by atoms with Crippen molar-refractivity contribution in [2.75, 3.05) is 42.6 Å². The van der Waals surface area contributed by atoms with Crippen LogP contribution in [0, 0.1) is 0 Å². The van der Waals surface area contributed by atoms with Crippen LogP contribution >= 0.6 is 11.8 Å². The highest BCUT2D eigenvalue weighted by Gasteiger charge is 2.33. The van der Waals surface area contributed by atoms with Crippen molar-refractivity contribution in [3.8, 4) is 0 Å². The van der Waals surface area contributed by atoms with Crippen molar-refractivity contribution >= 4 is 40.0 Å². The average Bonchev–Trinajstić information content (AvgIpc) is 2.63. The van der Waals surface area contributed by atoms with Gasteiger partial charge in [0.1, 0.15) is 0 Å². The maximum Gasteiger partial charge on any atom is 0.261 e. The summed E-state index contributed by atoms with van der Waals surface area (Å²) < 4.78 is 0. The van der Waals surface area contributed by atoms with Gasteiger partial charge in [0.25, 0.3) is 11.8 Å². The van der Waals surface area contributed by atoms with Crippen LogP contribution in [-0.4, -0.2) is 54.4 Å². The van der Waals surface area contributed by atoms with Crippen LogP contribution in [0.25, 0.3) is 10.8 Å². The number of hydrogen-bond acceptors (Lipinski definition) is 5. The van der Waals surface area contributed by atoms with Gasteiger partial charge in [-0.3, -0.25) is 14.5 Å². The molecule has 2 aromatic carbocycles. The van der Waals surface area contributed by atoms with Crippen molar-refractivity contribution in [1.29, 1.82) is 0 Å². The molecule has 2 aliphatic heterocycles. The summed E-state index contributed by atoms with van der Waals surface area (Å²) in [6.45, 7) is 2.48. The highest BCUT2D eigenvalue weighted by molar-refractivity contribution is 7.99. The summed E-state index contributed by atoms with van der Waals surface area (Å²) >= 11 is 1.95. The minimum atomic E-state index is -0.245. The minimum absolute atomic E-state index is 0.234. The molecule has 0 aliphatic carbocycles. The average molecular weight is 341 g/mol. The molecule has 2 amide bonds. The molecule has 2 aromatic rings. The summed E-state index contributed by atoms with van der Waals surface area (Å²) in [6.07, 6.45) is 0. The second-order valence-electron chi connectivity index (χ2n) is 6.05. The van der Waals surface area contributed by atoms with Gasteiger partial charge in [0, 0.05) is 54.3 Å². The number of benzene rings is 2. The molecule has 1 fully saturated rings. The van der Waals surface area contributed by atoms with Crippen LogP contribution in [0.5, 0.6) is 0 Å². The SMILES string of the molecule is NCCN1C(=O)c2cccc3cc(N4CCSCC4)cc(c23)C1=O. The van der Waals surface area contributed by atoms with Gasteiger partial charge in [0.05, 0.1) is 5.56 Å². The van der Waals surface area contributed by atoms with E-state index in [0.717, 1.165) is 41.1 Å². The first-order chi connectivity index (χ1) is 11.7. The molecular weight excluding hydrogens is 322 g/mol. The van der Waals surface area contributed by atoms with E-state index < -0.39 is 0 Å². The maximum absolute atomic E-state index is 12.9. The van der Waals surface area contributed by atoms with E-state index in [2.05, 4.69) is 11.0 Å². The number of rotatable bonds is 3. The fourth-order valence-electron chi connectivity index (χ4n) is 3.48. The van der Waals surface area contributed by atoms with E-state index >= 15 is 0 Å². The third kappa shape index (κ3) is 2.37. The van der Waals surface area contributed by atoms with Gasteiger partial charge in [-0.05, 0) is 23.6 Å². The highest BCUT2D eigenvalue weighted by Crippen LogP contribution is 2.34. The second kappa shape index (κ2) is 6.11. The Bertz CT molecular complexity index is 830. The van der Waals surface area contributed by atoms with E-state index in [1.54, 1.807) is 6.07 Å². The lowest BCUT2D eigenvalue weighted by atomic mass is 9.93. The first-order valence-corrected chi connectivity index (χ1v) is 9.32. The third-order valence-corrected chi connectivity index (χ3v) is 5.58. The monoisotopic (exact) mass is 341 g/mol. The molecule has 0 radical (unpaired) electrons. The van der Waals surface area contributed by atoms with Crippen molar-refractivity contribution < 1.29 is 9.59 Å².